The number of pyridine rings is 1. The van der Waals surface area contributed by atoms with Gasteiger partial charge in [0.2, 0.25) is 10.0 Å². The minimum absolute atomic E-state index is 0.124. The summed E-state index contributed by atoms with van der Waals surface area (Å²) < 4.78 is 25.8. The molecule has 3 rings (SSSR count). The molecule has 0 unspecified atom stereocenters. The number of amides is 1. The van der Waals surface area contributed by atoms with Crippen molar-refractivity contribution in [1.82, 2.24) is 10.3 Å². The Hall–Kier alpha value is -2.12. The second kappa shape index (κ2) is 7.41. The normalized spacial score (nSPS) is 16.4. The van der Waals surface area contributed by atoms with E-state index in [4.69, 9.17) is 11.6 Å². The first kappa shape index (κ1) is 17.7. The number of hydrogen-bond donors (Lipinski definition) is 1. The average Bonchev–Trinajstić information content (AvgIpc) is 2.61. The van der Waals surface area contributed by atoms with Gasteiger partial charge in [-0.2, -0.15) is 0 Å². The maximum Gasteiger partial charge on any atom is 0.253 e. The molecule has 0 saturated carbocycles. The lowest BCUT2D eigenvalue weighted by atomic mass is 10.1. The zero-order chi connectivity index (χ0) is 17.9. The summed E-state index contributed by atoms with van der Waals surface area (Å²) in [6.07, 6.45) is 4.75. The van der Waals surface area contributed by atoms with Gasteiger partial charge in [0.15, 0.2) is 0 Å². The molecule has 0 atom stereocenters. The van der Waals surface area contributed by atoms with Crippen LogP contribution in [-0.4, -0.2) is 31.6 Å². The highest BCUT2D eigenvalue weighted by molar-refractivity contribution is 7.92. The zero-order valence-electron chi connectivity index (χ0n) is 13.5. The van der Waals surface area contributed by atoms with Gasteiger partial charge in [0.25, 0.3) is 5.91 Å². The van der Waals surface area contributed by atoms with Gasteiger partial charge in [-0.1, -0.05) is 11.6 Å². The van der Waals surface area contributed by atoms with Crippen LogP contribution >= 0.6 is 11.6 Å². The van der Waals surface area contributed by atoms with E-state index in [0.717, 1.165) is 12.0 Å². The van der Waals surface area contributed by atoms with Crippen LogP contribution in [0.3, 0.4) is 0 Å². The van der Waals surface area contributed by atoms with Crippen molar-refractivity contribution in [2.24, 2.45) is 0 Å². The van der Waals surface area contributed by atoms with Crippen LogP contribution in [-0.2, 0) is 16.6 Å². The van der Waals surface area contributed by atoms with Crippen LogP contribution in [0.2, 0.25) is 5.02 Å². The van der Waals surface area contributed by atoms with Crippen LogP contribution in [0.1, 0.15) is 28.8 Å². The average molecular weight is 380 g/mol. The van der Waals surface area contributed by atoms with Gasteiger partial charge < -0.3 is 5.32 Å². The third-order valence-corrected chi connectivity index (χ3v) is 6.23. The maximum absolute atomic E-state index is 12.5. The van der Waals surface area contributed by atoms with Crippen molar-refractivity contribution in [2.45, 2.75) is 19.4 Å². The molecule has 132 valence electrons. The largest absolute Gasteiger partial charge is 0.348 e. The monoisotopic (exact) mass is 379 g/mol. The van der Waals surface area contributed by atoms with Crippen LogP contribution in [0.4, 0.5) is 5.69 Å². The van der Waals surface area contributed by atoms with E-state index in [1.54, 1.807) is 36.7 Å². The molecule has 1 saturated heterocycles. The van der Waals surface area contributed by atoms with Gasteiger partial charge in [-0.3, -0.25) is 14.1 Å². The van der Waals surface area contributed by atoms with E-state index in [1.165, 1.54) is 10.4 Å². The Balaban J connectivity index is 1.80. The van der Waals surface area contributed by atoms with Crippen molar-refractivity contribution in [2.75, 3.05) is 16.6 Å². The van der Waals surface area contributed by atoms with Crippen molar-refractivity contribution in [1.29, 1.82) is 0 Å². The number of halogens is 1. The zero-order valence-corrected chi connectivity index (χ0v) is 15.1. The molecule has 1 fully saturated rings. The summed E-state index contributed by atoms with van der Waals surface area (Å²) in [7, 11) is -3.34. The van der Waals surface area contributed by atoms with Crippen molar-refractivity contribution in [3.63, 3.8) is 0 Å². The SMILES string of the molecule is O=C(NCc1ccncc1)c1cc(N2CCCCS2(=O)=O)ccc1Cl. The molecule has 8 heteroatoms. The minimum atomic E-state index is -3.34. The summed E-state index contributed by atoms with van der Waals surface area (Å²) in [5.41, 5.74) is 1.64. The number of carbonyl (C=O) groups is 1. The van der Waals surface area contributed by atoms with E-state index in [2.05, 4.69) is 10.3 Å². The molecule has 1 aliphatic rings. The first-order valence-corrected chi connectivity index (χ1v) is 9.93. The fourth-order valence-electron chi connectivity index (χ4n) is 2.70. The summed E-state index contributed by atoms with van der Waals surface area (Å²) in [6, 6.07) is 8.33. The van der Waals surface area contributed by atoms with E-state index in [9.17, 15) is 13.2 Å². The van der Waals surface area contributed by atoms with Crippen LogP contribution in [0, 0.1) is 0 Å². The van der Waals surface area contributed by atoms with E-state index in [-0.39, 0.29) is 22.2 Å². The Labute approximate surface area is 151 Å². The highest BCUT2D eigenvalue weighted by atomic mass is 35.5. The van der Waals surface area contributed by atoms with Gasteiger partial charge in [0.1, 0.15) is 0 Å². The van der Waals surface area contributed by atoms with Gasteiger partial charge in [-0.15, -0.1) is 0 Å². The fourth-order valence-corrected chi connectivity index (χ4v) is 4.53. The first-order valence-electron chi connectivity index (χ1n) is 7.94. The number of benzene rings is 1. The smallest absolute Gasteiger partial charge is 0.253 e. The van der Waals surface area contributed by atoms with Crippen LogP contribution < -0.4 is 9.62 Å². The predicted molar refractivity (Wildman–Crippen MR) is 97.2 cm³/mol. The lowest BCUT2D eigenvalue weighted by molar-refractivity contribution is 0.0951. The second-order valence-corrected chi connectivity index (χ2v) is 8.22. The Morgan fingerprint density at radius 2 is 1.96 bits per heavy atom. The predicted octanol–water partition coefficient (Wildman–Crippen LogP) is 2.60. The molecule has 0 radical (unpaired) electrons. The molecule has 25 heavy (non-hydrogen) atoms. The van der Waals surface area contributed by atoms with Crippen molar-refractivity contribution in [3.05, 3.63) is 58.9 Å². The van der Waals surface area contributed by atoms with Crippen molar-refractivity contribution >= 4 is 33.2 Å². The second-order valence-electron chi connectivity index (χ2n) is 5.80. The highest BCUT2D eigenvalue weighted by Gasteiger charge is 2.27. The van der Waals surface area contributed by atoms with Crippen molar-refractivity contribution < 1.29 is 13.2 Å². The molecular weight excluding hydrogens is 362 g/mol. The van der Waals surface area contributed by atoms with Gasteiger partial charge in [-0.05, 0) is 48.7 Å². The highest BCUT2D eigenvalue weighted by Crippen LogP contribution is 2.28. The summed E-state index contributed by atoms with van der Waals surface area (Å²) >= 11 is 6.14. The number of rotatable bonds is 4. The van der Waals surface area contributed by atoms with Gasteiger partial charge in [0, 0.05) is 25.5 Å². The topological polar surface area (TPSA) is 79.4 Å². The standard InChI is InChI=1S/C17H18ClN3O3S/c18-16-4-3-14(21-9-1-2-10-25(21,23)24)11-15(16)17(22)20-12-13-5-7-19-8-6-13/h3-8,11H,1-2,9-10,12H2,(H,20,22). The molecular formula is C17H18ClN3O3S. The van der Waals surface area contributed by atoms with Crippen LogP contribution in [0.15, 0.2) is 42.7 Å². The van der Waals surface area contributed by atoms with Gasteiger partial charge >= 0.3 is 0 Å². The summed E-state index contributed by atoms with van der Waals surface area (Å²) in [4.78, 5) is 16.4. The molecule has 1 N–H and O–H groups in total. The lowest BCUT2D eigenvalue weighted by Gasteiger charge is -2.28. The number of sulfonamides is 1. The third-order valence-electron chi connectivity index (χ3n) is 4.03. The summed E-state index contributed by atoms with van der Waals surface area (Å²) in [6.45, 7) is 0.756. The Kier molecular flexibility index (Phi) is 5.24. The van der Waals surface area contributed by atoms with E-state index >= 15 is 0 Å². The number of nitrogens with zero attached hydrogens (tertiary/aromatic N) is 2. The molecule has 0 spiro atoms. The molecule has 0 bridgehead atoms. The Morgan fingerprint density at radius 1 is 1.20 bits per heavy atom. The van der Waals surface area contributed by atoms with Gasteiger partial charge in [0.05, 0.1) is 22.0 Å². The number of anilines is 1. The molecule has 0 aliphatic carbocycles. The quantitative estimate of drug-likeness (QED) is 0.885. The Bertz CT molecular complexity index is 872. The number of carbonyl (C=O) groups excluding carboxylic acids is 1. The maximum atomic E-state index is 12.5. The van der Waals surface area contributed by atoms with Gasteiger partial charge in [-0.25, -0.2) is 8.42 Å². The fraction of sp³-hybridized carbons (Fsp3) is 0.294. The molecule has 1 amide bonds. The summed E-state index contributed by atoms with van der Waals surface area (Å²) in [5, 5.41) is 3.07. The number of nitrogens with one attached hydrogen (secondary N) is 1. The molecule has 1 aromatic heterocycles. The third kappa shape index (κ3) is 4.11. The van der Waals surface area contributed by atoms with Crippen LogP contribution in [0.25, 0.3) is 0 Å². The number of hydrogen-bond acceptors (Lipinski definition) is 4. The van der Waals surface area contributed by atoms with E-state index < -0.39 is 10.0 Å². The van der Waals surface area contributed by atoms with E-state index in [0.29, 0.717) is 25.2 Å². The summed E-state index contributed by atoms with van der Waals surface area (Å²) in [5.74, 6) is -0.225. The number of aromatic nitrogens is 1. The molecule has 1 aromatic carbocycles. The van der Waals surface area contributed by atoms with Crippen LogP contribution in [0.5, 0.6) is 0 Å². The molecule has 2 aromatic rings. The Morgan fingerprint density at radius 3 is 2.68 bits per heavy atom. The molecule has 2 heterocycles. The van der Waals surface area contributed by atoms with E-state index in [1.807, 2.05) is 0 Å². The molecule has 1 aliphatic heterocycles. The molecule has 6 nitrogen and oxygen atoms in total. The lowest BCUT2D eigenvalue weighted by Crippen LogP contribution is -2.38. The first-order chi connectivity index (χ1) is 12.0. The minimum Gasteiger partial charge on any atom is -0.348 e. The van der Waals surface area contributed by atoms with Crippen molar-refractivity contribution in [3.8, 4) is 0 Å².